The van der Waals surface area contributed by atoms with Gasteiger partial charge in [-0.15, -0.1) is 0 Å². The van der Waals surface area contributed by atoms with Gasteiger partial charge in [0.15, 0.2) is 0 Å². The summed E-state index contributed by atoms with van der Waals surface area (Å²) in [6, 6.07) is 7.95. The zero-order valence-electron chi connectivity index (χ0n) is 7.67. The average molecular weight is 194 g/mol. The molecule has 13 heavy (non-hydrogen) atoms. The first-order valence-corrected chi connectivity index (χ1v) is 4.89. The number of hydrogen-bond acceptors (Lipinski definition) is 0. The lowest BCUT2D eigenvalue weighted by Gasteiger charge is -1.95. The SMILES string of the molecule is [CH2]CC/C=C/Cc1ccc(Cl)cc1. The van der Waals surface area contributed by atoms with Crippen molar-refractivity contribution in [3.8, 4) is 0 Å². The van der Waals surface area contributed by atoms with E-state index in [0.29, 0.717) is 0 Å². The van der Waals surface area contributed by atoms with Crippen molar-refractivity contribution < 1.29 is 0 Å². The summed E-state index contributed by atoms with van der Waals surface area (Å²) in [4.78, 5) is 0. The Labute approximate surface area is 85.2 Å². The van der Waals surface area contributed by atoms with E-state index in [1.807, 2.05) is 12.1 Å². The number of unbranched alkanes of at least 4 members (excludes halogenated alkanes) is 1. The van der Waals surface area contributed by atoms with Gasteiger partial charge in [-0.1, -0.05) is 42.8 Å². The number of benzene rings is 1. The maximum Gasteiger partial charge on any atom is 0.0406 e. The maximum absolute atomic E-state index is 5.77. The second kappa shape index (κ2) is 5.82. The molecule has 0 aromatic heterocycles. The maximum atomic E-state index is 5.77. The molecule has 0 saturated carbocycles. The van der Waals surface area contributed by atoms with Gasteiger partial charge in [0.05, 0.1) is 0 Å². The van der Waals surface area contributed by atoms with Crippen LogP contribution in [-0.4, -0.2) is 0 Å². The second-order valence-corrected chi connectivity index (χ2v) is 3.38. The summed E-state index contributed by atoms with van der Waals surface area (Å²) in [6.45, 7) is 3.77. The second-order valence-electron chi connectivity index (χ2n) is 2.94. The largest absolute Gasteiger partial charge is 0.0882 e. The average Bonchev–Trinajstić information content (AvgIpc) is 2.15. The van der Waals surface area contributed by atoms with Crippen LogP contribution in [0.3, 0.4) is 0 Å². The smallest absolute Gasteiger partial charge is 0.0406 e. The zero-order chi connectivity index (χ0) is 9.52. The van der Waals surface area contributed by atoms with Gasteiger partial charge in [-0.05, 0) is 37.0 Å². The van der Waals surface area contributed by atoms with Crippen LogP contribution in [-0.2, 0) is 6.42 Å². The molecule has 0 N–H and O–H groups in total. The molecule has 0 aliphatic carbocycles. The van der Waals surface area contributed by atoms with E-state index in [2.05, 4.69) is 31.2 Å². The van der Waals surface area contributed by atoms with Crippen LogP contribution >= 0.6 is 11.6 Å². The molecule has 0 nitrogen and oxygen atoms in total. The minimum atomic E-state index is 0.797. The van der Waals surface area contributed by atoms with Gasteiger partial charge in [-0.25, -0.2) is 0 Å². The Balaban J connectivity index is 2.41. The van der Waals surface area contributed by atoms with E-state index in [4.69, 9.17) is 11.6 Å². The predicted octanol–water partition coefficient (Wildman–Crippen LogP) is 4.05. The van der Waals surface area contributed by atoms with Crippen LogP contribution in [0.4, 0.5) is 0 Å². The molecule has 0 atom stereocenters. The summed E-state index contributed by atoms with van der Waals surface area (Å²) in [5.74, 6) is 0. The molecule has 0 saturated heterocycles. The van der Waals surface area contributed by atoms with Gasteiger partial charge >= 0.3 is 0 Å². The standard InChI is InChI=1S/C12H14Cl/c1-2-3-4-5-6-11-7-9-12(13)10-8-11/h4-5,7-10H,1-3,6H2/b5-4+. The highest BCUT2D eigenvalue weighted by atomic mass is 35.5. The van der Waals surface area contributed by atoms with Crippen molar-refractivity contribution in [1.82, 2.24) is 0 Å². The molecule has 1 aromatic rings. The lowest BCUT2D eigenvalue weighted by atomic mass is 10.1. The third-order valence-electron chi connectivity index (χ3n) is 1.80. The van der Waals surface area contributed by atoms with Gasteiger partial charge in [-0.3, -0.25) is 0 Å². The quantitative estimate of drug-likeness (QED) is 0.633. The summed E-state index contributed by atoms with van der Waals surface area (Å²) in [5.41, 5.74) is 1.30. The first-order valence-electron chi connectivity index (χ1n) is 4.51. The Morgan fingerprint density at radius 3 is 2.46 bits per heavy atom. The summed E-state index contributed by atoms with van der Waals surface area (Å²) in [7, 11) is 0. The molecule has 1 rings (SSSR count). The molecule has 0 aliphatic rings. The summed E-state index contributed by atoms with van der Waals surface area (Å²) < 4.78 is 0. The first-order chi connectivity index (χ1) is 6.33. The number of halogens is 1. The summed E-state index contributed by atoms with van der Waals surface area (Å²) >= 11 is 5.77. The lowest BCUT2D eigenvalue weighted by Crippen LogP contribution is -1.79. The van der Waals surface area contributed by atoms with Crippen LogP contribution in [0.15, 0.2) is 36.4 Å². The Kier molecular flexibility index (Phi) is 4.63. The Hall–Kier alpha value is -0.750. The van der Waals surface area contributed by atoms with E-state index < -0.39 is 0 Å². The van der Waals surface area contributed by atoms with E-state index in [-0.39, 0.29) is 0 Å². The van der Waals surface area contributed by atoms with Crippen LogP contribution in [0.25, 0.3) is 0 Å². The van der Waals surface area contributed by atoms with Crippen molar-refractivity contribution in [2.24, 2.45) is 0 Å². The van der Waals surface area contributed by atoms with E-state index in [0.717, 1.165) is 24.3 Å². The molecule has 0 heterocycles. The number of rotatable bonds is 4. The first kappa shape index (κ1) is 10.3. The van der Waals surface area contributed by atoms with E-state index in [9.17, 15) is 0 Å². The highest BCUT2D eigenvalue weighted by Crippen LogP contribution is 2.10. The minimum Gasteiger partial charge on any atom is -0.0882 e. The monoisotopic (exact) mass is 193 g/mol. The van der Waals surface area contributed by atoms with Crippen molar-refractivity contribution in [1.29, 1.82) is 0 Å². The van der Waals surface area contributed by atoms with Gasteiger partial charge in [0.2, 0.25) is 0 Å². The molecule has 0 bridgehead atoms. The highest BCUT2D eigenvalue weighted by Gasteiger charge is 1.88. The molecule has 0 unspecified atom stereocenters. The van der Waals surface area contributed by atoms with Gasteiger partial charge in [-0.2, -0.15) is 0 Å². The summed E-state index contributed by atoms with van der Waals surface area (Å²) in [6.07, 6.45) is 7.36. The van der Waals surface area contributed by atoms with Crippen LogP contribution in [0.5, 0.6) is 0 Å². The van der Waals surface area contributed by atoms with Crippen LogP contribution in [0, 0.1) is 6.92 Å². The fourth-order valence-electron chi connectivity index (χ4n) is 1.08. The Bertz CT molecular complexity index is 259. The Morgan fingerprint density at radius 2 is 1.85 bits per heavy atom. The van der Waals surface area contributed by atoms with Crippen LogP contribution in [0.2, 0.25) is 5.02 Å². The zero-order valence-corrected chi connectivity index (χ0v) is 8.43. The molecule has 69 valence electrons. The molecule has 0 fully saturated rings. The van der Waals surface area contributed by atoms with Gasteiger partial charge < -0.3 is 0 Å². The van der Waals surface area contributed by atoms with Gasteiger partial charge in [0, 0.05) is 5.02 Å². The molecule has 0 spiro atoms. The summed E-state index contributed by atoms with van der Waals surface area (Å²) in [5, 5.41) is 0.797. The van der Waals surface area contributed by atoms with Crippen LogP contribution in [0.1, 0.15) is 18.4 Å². The van der Waals surface area contributed by atoms with Crippen molar-refractivity contribution in [3.05, 3.63) is 53.9 Å². The van der Waals surface area contributed by atoms with Gasteiger partial charge in [0.1, 0.15) is 0 Å². The van der Waals surface area contributed by atoms with E-state index in [1.54, 1.807) is 0 Å². The van der Waals surface area contributed by atoms with E-state index >= 15 is 0 Å². The lowest BCUT2D eigenvalue weighted by molar-refractivity contribution is 1.04. The van der Waals surface area contributed by atoms with Crippen molar-refractivity contribution >= 4 is 11.6 Å². The van der Waals surface area contributed by atoms with E-state index in [1.165, 1.54) is 5.56 Å². The normalized spacial score (nSPS) is 10.9. The molecular weight excluding hydrogens is 180 g/mol. The topological polar surface area (TPSA) is 0 Å². The molecule has 0 aliphatic heterocycles. The third kappa shape index (κ3) is 4.14. The van der Waals surface area contributed by atoms with Crippen LogP contribution < -0.4 is 0 Å². The van der Waals surface area contributed by atoms with Crippen molar-refractivity contribution in [2.45, 2.75) is 19.3 Å². The van der Waals surface area contributed by atoms with Crippen molar-refractivity contribution in [3.63, 3.8) is 0 Å². The molecular formula is C12H14Cl. The minimum absolute atomic E-state index is 0.797. The third-order valence-corrected chi connectivity index (χ3v) is 2.06. The molecule has 1 aromatic carbocycles. The highest BCUT2D eigenvalue weighted by molar-refractivity contribution is 6.30. The number of hydrogen-bond donors (Lipinski definition) is 0. The molecule has 1 radical (unpaired) electrons. The van der Waals surface area contributed by atoms with Crippen molar-refractivity contribution in [2.75, 3.05) is 0 Å². The number of allylic oxidation sites excluding steroid dienone is 2. The molecule has 1 heteroatoms. The Morgan fingerprint density at radius 1 is 1.15 bits per heavy atom. The fourth-order valence-corrected chi connectivity index (χ4v) is 1.20. The van der Waals surface area contributed by atoms with Gasteiger partial charge in [0.25, 0.3) is 0 Å². The fraction of sp³-hybridized carbons (Fsp3) is 0.250. The molecule has 0 amide bonds. The predicted molar refractivity (Wildman–Crippen MR) is 58.9 cm³/mol.